The number of sulfonamides is 2. The second-order valence-corrected chi connectivity index (χ2v) is 10.4. The van der Waals surface area contributed by atoms with Gasteiger partial charge in [-0.1, -0.05) is 0 Å². The maximum atomic E-state index is 13.2. The van der Waals surface area contributed by atoms with Crippen LogP contribution in [0.4, 0.5) is 13.2 Å². The maximum Gasteiger partial charge on any atom is 0.246 e. The van der Waals surface area contributed by atoms with E-state index in [1.165, 1.54) is 24.5 Å². The van der Waals surface area contributed by atoms with Gasteiger partial charge in [-0.25, -0.2) is 30.0 Å². The molecule has 1 N–H and O–H groups in total. The maximum absolute atomic E-state index is 13.2. The third kappa shape index (κ3) is 5.74. The van der Waals surface area contributed by atoms with E-state index in [2.05, 4.69) is 0 Å². The highest BCUT2D eigenvalue weighted by molar-refractivity contribution is 7.89. The number of ether oxygens (including phenoxy) is 1. The normalized spacial score (nSPS) is 16.0. The molecule has 1 aliphatic rings. The van der Waals surface area contributed by atoms with Crippen LogP contribution >= 0.6 is 0 Å². The van der Waals surface area contributed by atoms with Crippen LogP contribution in [0.15, 0.2) is 46.2 Å². The molecule has 3 rings (SSSR count). The van der Waals surface area contributed by atoms with Gasteiger partial charge in [-0.15, -0.1) is 0 Å². The minimum absolute atomic E-state index is 0.0175. The number of hydrogen-bond acceptors (Lipinski definition) is 6. The van der Waals surface area contributed by atoms with Crippen LogP contribution in [-0.2, 0) is 20.0 Å². The fraction of sp³-hybridized carbons (Fsp3) is 0.333. The molecule has 8 nitrogen and oxygen atoms in total. The van der Waals surface area contributed by atoms with Gasteiger partial charge in [-0.2, -0.15) is 8.61 Å². The second-order valence-electron chi connectivity index (χ2n) is 6.39. The fourth-order valence-electron chi connectivity index (χ4n) is 2.49. The average Bonchev–Trinajstić information content (AvgIpc) is 2.78. The van der Waals surface area contributed by atoms with E-state index >= 15 is 0 Å². The van der Waals surface area contributed by atoms with Gasteiger partial charge in [0.15, 0.2) is 0 Å². The van der Waals surface area contributed by atoms with Crippen molar-refractivity contribution in [1.82, 2.24) is 8.61 Å². The number of fused-ring (bicyclic) bond motifs is 1. The number of nitrogens with zero attached hydrogens (tertiary/aromatic N) is 2. The SMILES string of the molecule is CN(CCO)S(=O)(=O)c1ccc(F)cc1F.CN1CCOc2cc(F)ccc2S1(=O)=O. The van der Waals surface area contributed by atoms with E-state index in [9.17, 15) is 30.0 Å². The predicted molar refractivity (Wildman–Crippen MR) is 105 cm³/mol. The van der Waals surface area contributed by atoms with Crippen molar-refractivity contribution in [1.29, 1.82) is 0 Å². The molecule has 0 unspecified atom stereocenters. The summed E-state index contributed by atoms with van der Waals surface area (Å²) in [7, 11) is -4.88. The van der Waals surface area contributed by atoms with Crippen molar-refractivity contribution in [2.75, 3.05) is 40.4 Å². The Kier molecular flexibility index (Phi) is 8.05. The van der Waals surface area contributed by atoms with Crippen molar-refractivity contribution in [3.05, 3.63) is 53.8 Å². The lowest BCUT2D eigenvalue weighted by Gasteiger charge is -2.16. The van der Waals surface area contributed by atoms with Crippen molar-refractivity contribution in [3.63, 3.8) is 0 Å². The third-order valence-electron chi connectivity index (χ3n) is 4.25. The first-order chi connectivity index (χ1) is 14.4. The van der Waals surface area contributed by atoms with E-state index in [0.717, 1.165) is 28.6 Å². The first-order valence-corrected chi connectivity index (χ1v) is 11.7. The fourth-order valence-corrected chi connectivity index (χ4v) is 4.96. The molecule has 0 atom stereocenters. The number of aliphatic hydroxyl groups is 1. The largest absolute Gasteiger partial charge is 0.491 e. The first-order valence-electron chi connectivity index (χ1n) is 8.82. The quantitative estimate of drug-likeness (QED) is 0.707. The van der Waals surface area contributed by atoms with Gasteiger partial charge in [0.2, 0.25) is 20.0 Å². The van der Waals surface area contributed by atoms with Crippen LogP contribution in [0.25, 0.3) is 0 Å². The lowest BCUT2D eigenvalue weighted by Crippen LogP contribution is -2.30. The lowest BCUT2D eigenvalue weighted by molar-refractivity contribution is 0.266. The molecule has 31 heavy (non-hydrogen) atoms. The Morgan fingerprint density at radius 3 is 2.35 bits per heavy atom. The molecule has 1 heterocycles. The Morgan fingerprint density at radius 1 is 1.13 bits per heavy atom. The third-order valence-corrected chi connectivity index (χ3v) is 8.04. The zero-order valence-corrected chi connectivity index (χ0v) is 18.3. The summed E-state index contributed by atoms with van der Waals surface area (Å²) in [5.41, 5.74) is 0. The van der Waals surface area contributed by atoms with E-state index in [-0.39, 0.29) is 36.9 Å². The monoisotopic (exact) mass is 482 g/mol. The highest BCUT2D eigenvalue weighted by atomic mass is 32.2. The van der Waals surface area contributed by atoms with Crippen LogP contribution < -0.4 is 4.74 Å². The van der Waals surface area contributed by atoms with E-state index in [1.54, 1.807) is 0 Å². The summed E-state index contributed by atoms with van der Waals surface area (Å²) in [6.07, 6.45) is 0. The summed E-state index contributed by atoms with van der Waals surface area (Å²) in [6, 6.07) is 5.64. The number of aliphatic hydroxyl groups excluding tert-OH is 1. The van der Waals surface area contributed by atoms with E-state index < -0.39 is 42.4 Å². The second kappa shape index (κ2) is 9.96. The van der Waals surface area contributed by atoms with Crippen molar-refractivity contribution in [2.24, 2.45) is 0 Å². The smallest absolute Gasteiger partial charge is 0.246 e. The topological polar surface area (TPSA) is 104 Å². The predicted octanol–water partition coefficient (Wildman–Crippen LogP) is 1.42. The van der Waals surface area contributed by atoms with E-state index in [0.29, 0.717) is 6.07 Å². The van der Waals surface area contributed by atoms with Gasteiger partial charge in [0.1, 0.15) is 39.6 Å². The molecule has 2 aromatic rings. The number of hydrogen-bond donors (Lipinski definition) is 1. The highest BCUT2D eigenvalue weighted by Gasteiger charge is 2.28. The summed E-state index contributed by atoms with van der Waals surface area (Å²) < 4.78 is 93.0. The van der Waals surface area contributed by atoms with Gasteiger partial charge >= 0.3 is 0 Å². The van der Waals surface area contributed by atoms with Crippen LogP contribution in [0, 0.1) is 17.5 Å². The minimum Gasteiger partial charge on any atom is -0.491 e. The Bertz CT molecular complexity index is 1140. The van der Waals surface area contributed by atoms with E-state index in [1.807, 2.05) is 0 Å². The van der Waals surface area contributed by atoms with Gasteiger partial charge in [0, 0.05) is 39.3 Å². The standard InChI is InChI=1S/C9H11F2NO3S.C9H10FNO3S/c1-12(4-5-13)16(14,15)9-3-2-7(10)6-8(9)11;1-11-4-5-14-8-6-7(10)2-3-9(8)15(11,12)13/h2-3,6,13H,4-5H2,1H3;2-3,6H,4-5H2,1H3. The average molecular weight is 483 g/mol. The zero-order valence-electron chi connectivity index (χ0n) is 16.6. The molecule has 0 aromatic heterocycles. The van der Waals surface area contributed by atoms with Crippen molar-refractivity contribution >= 4 is 20.0 Å². The molecular formula is C18H21F3N2O6S2. The molecule has 0 saturated heterocycles. The van der Waals surface area contributed by atoms with Gasteiger partial charge in [-0.05, 0) is 24.3 Å². The molecule has 0 fully saturated rings. The van der Waals surface area contributed by atoms with Crippen molar-refractivity contribution in [3.8, 4) is 5.75 Å². The lowest BCUT2D eigenvalue weighted by atomic mass is 10.3. The summed E-state index contributed by atoms with van der Waals surface area (Å²) in [6.45, 7) is -0.0392. The van der Waals surface area contributed by atoms with Gasteiger partial charge < -0.3 is 9.84 Å². The van der Waals surface area contributed by atoms with E-state index in [4.69, 9.17) is 9.84 Å². The number of rotatable bonds is 4. The number of benzene rings is 2. The molecule has 1 aliphatic heterocycles. The Labute approximate surface area is 178 Å². The molecule has 172 valence electrons. The molecule has 0 spiro atoms. The molecule has 0 radical (unpaired) electrons. The summed E-state index contributed by atoms with van der Waals surface area (Å²) in [5.74, 6) is -2.42. The minimum atomic E-state index is -4.02. The van der Waals surface area contributed by atoms with Crippen molar-refractivity contribution < 1.29 is 39.9 Å². The first kappa shape index (κ1) is 25.1. The van der Waals surface area contributed by atoms with Gasteiger partial charge in [0.25, 0.3) is 0 Å². The Balaban J connectivity index is 0.000000220. The van der Waals surface area contributed by atoms with Crippen LogP contribution in [0.3, 0.4) is 0 Å². The Morgan fingerprint density at radius 2 is 1.74 bits per heavy atom. The molecule has 0 aliphatic carbocycles. The van der Waals surface area contributed by atoms with Crippen LogP contribution in [0.2, 0.25) is 0 Å². The summed E-state index contributed by atoms with van der Waals surface area (Å²) in [4.78, 5) is -0.589. The van der Waals surface area contributed by atoms with Crippen LogP contribution in [-0.4, -0.2) is 71.0 Å². The van der Waals surface area contributed by atoms with Crippen LogP contribution in [0.1, 0.15) is 0 Å². The summed E-state index contributed by atoms with van der Waals surface area (Å²) in [5, 5.41) is 8.60. The number of likely N-dealkylation sites (N-methyl/N-ethyl adjacent to an activating group) is 2. The molecule has 13 heteroatoms. The molecule has 0 saturated carbocycles. The molecule has 0 amide bonds. The molecule has 0 bridgehead atoms. The highest BCUT2D eigenvalue weighted by Crippen LogP contribution is 2.29. The molecular weight excluding hydrogens is 461 g/mol. The van der Waals surface area contributed by atoms with Crippen molar-refractivity contribution in [2.45, 2.75) is 9.79 Å². The summed E-state index contributed by atoms with van der Waals surface area (Å²) >= 11 is 0. The number of halogens is 3. The van der Waals surface area contributed by atoms with Gasteiger partial charge in [0.05, 0.1) is 6.61 Å². The zero-order chi connectivity index (χ0) is 23.4. The van der Waals surface area contributed by atoms with Crippen LogP contribution in [0.5, 0.6) is 5.75 Å². The molecule has 2 aromatic carbocycles. The Hall–Kier alpha value is -2.19. The van der Waals surface area contributed by atoms with Gasteiger partial charge in [-0.3, -0.25) is 0 Å².